The summed E-state index contributed by atoms with van der Waals surface area (Å²) < 4.78 is 24.9. The number of sulfonamides is 1. The Morgan fingerprint density at radius 3 is 2.69 bits per heavy atom. The predicted molar refractivity (Wildman–Crippen MR) is 54.5 cm³/mol. The highest BCUT2D eigenvalue weighted by molar-refractivity contribution is 7.89. The van der Waals surface area contributed by atoms with Crippen molar-refractivity contribution in [1.82, 2.24) is 4.31 Å². The van der Waals surface area contributed by atoms with Crippen molar-refractivity contribution in [3.8, 4) is 0 Å². The number of rotatable bonds is 4. The van der Waals surface area contributed by atoms with Crippen molar-refractivity contribution in [2.75, 3.05) is 18.2 Å². The summed E-state index contributed by atoms with van der Waals surface area (Å²) in [4.78, 5) is 0. The van der Waals surface area contributed by atoms with Gasteiger partial charge < -0.3 is 0 Å². The fourth-order valence-corrected chi connectivity index (χ4v) is 3.77. The van der Waals surface area contributed by atoms with Crippen LogP contribution < -0.4 is 0 Å². The molecule has 0 aliphatic carbocycles. The normalized spacial score (nSPS) is 25.2. The van der Waals surface area contributed by atoms with Crippen molar-refractivity contribution in [3.05, 3.63) is 0 Å². The Morgan fingerprint density at radius 1 is 1.54 bits per heavy atom. The lowest BCUT2D eigenvalue weighted by Gasteiger charge is -2.20. The van der Waals surface area contributed by atoms with E-state index < -0.39 is 10.0 Å². The predicted octanol–water partition coefficient (Wildman–Crippen LogP) is 1.43. The summed E-state index contributed by atoms with van der Waals surface area (Å²) >= 11 is 5.47. The van der Waals surface area contributed by atoms with E-state index >= 15 is 0 Å². The molecule has 3 nitrogen and oxygen atoms in total. The van der Waals surface area contributed by atoms with Crippen LogP contribution in [-0.2, 0) is 10.0 Å². The van der Waals surface area contributed by atoms with Crippen molar-refractivity contribution in [2.45, 2.75) is 32.2 Å². The molecule has 0 bridgehead atoms. The molecule has 78 valence electrons. The topological polar surface area (TPSA) is 37.4 Å². The number of halogens is 1. The van der Waals surface area contributed by atoms with E-state index in [4.69, 9.17) is 11.6 Å². The molecule has 1 saturated heterocycles. The van der Waals surface area contributed by atoms with E-state index in [1.165, 1.54) is 0 Å². The van der Waals surface area contributed by atoms with Crippen molar-refractivity contribution >= 4 is 21.6 Å². The van der Waals surface area contributed by atoms with Gasteiger partial charge in [0.25, 0.3) is 0 Å². The lowest BCUT2D eigenvalue weighted by molar-refractivity contribution is 0.408. The summed E-state index contributed by atoms with van der Waals surface area (Å²) in [6.45, 7) is 2.65. The Labute approximate surface area is 85.1 Å². The maximum atomic E-state index is 11.7. The summed E-state index contributed by atoms with van der Waals surface area (Å²) in [6.07, 6.45) is 2.52. The average Bonchev–Trinajstić information content (AvgIpc) is 2.48. The molecule has 0 aromatic rings. The lowest BCUT2D eigenvalue weighted by atomic mass is 10.3. The molecule has 1 unspecified atom stereocenters. The van der Waals surface area contributed by atoms with Gasteiger partial charge in [0.2, 0.25) is 10.0 Å². The molecule has 0 saturated carbocycles. The fourth-order valence-electron chi connectivity index (χ4n) is 1.67. The standard InChI is InChI=1S/C8H16ClNO2S/c1-8-4-2-6-10(8)13(11,12)7-3-5-9/h8H,2-7H2,1H3. The highest BCUT2D eigenvalue weighted by Crippen LogP contribution is 2.20. The smallest absolute Gasteiger partial charge is 0.212 e. The average molecular weight is 226 g/mol. The zero-order chi connectivity index (χ0) is 9.90. The van der Waals surface area contributed by atoms with Crippen LogP contribution in [0.3, 0.4) is 0 Å². The zero-order valence-corrected chi connectivity index (χ0v) is 9.44. The van der Waals surface area contributed by atoms with Crippen LogP contribution >= 0.6 is 11.6 Å². The van der Waals surface area contributed by atoms with Crippen molar-refractivity contribution < 1.29 is 8.42 Å². The number of nitrogens with zero attached hydrogens (tertiary/aromatic N) is 1. The first-order valence-corrected chi connectivity index (χ1v) is 6.78. The van der Waals surface area contributed by atoms with E-state index in [1.807, 2.05) is 6.92 Å². The molecule has 5 heteroatoms. The lowest BCUT2D eigenvalue weighted by Crippen LogP contribution is -2.35. The minimum Gasteiger partial charge on any atom is -0.212 e. The second-order valence-corrected chi connectivity index (χ2v) is 5.88. The van der Waals surface area contributed by atoms with Crippen LogP contribution in [0.25, 0.3) is 0 Å². The first-order chi connectivity index (χ1) is 6.08. The molecule has 0 radical (unpaired) electrons. The second-order valence-electron chi connectivity index (χ2n) is 3.46. The van der Waals surface area contributed by atoms with Crippen LogP contribution in [0.15, 0.2) is 0 Å². The van der Waals surface area contributed by atoms with Gasteiger partial charge in [0.05, 0.1) is 5.75 Å². The molecule has 13 heavy (non-hydrogen) atoms. The first-order valence-electron chi connectivity index (χ1n) is 4.63. The van der Waals surface area contributed by atoms with Crippen molar-refractivity contribution in [1.29, 1.82) is 0 Å². The molecule has 0 aromatic heterocycles. The number of hydrogen-bond donors (Lipinski definition) is 0. The summed E-state index contributed by atoms with van der Waals surface area (Å²) in [5.41, 5.74) is 0. The van der Waals surface area contributed by atoms with E-state index in [2.05, 4.69) is 0 Å². The summed E-state index contributed by atoms with van der Waals surface area (Å²) in [7, 11) is -3.02. The Balaban J connectivity index is 2.58. The fraction of sp³-hybridized carbons (Fsp3) is 1.00. The van der Waals surface area contributed by atoms with E-state index in [0.29, 0.717) is 18.8 Å². The van der Waals surface area contributed by atoms with Gasteiger partial charge in [-0.2, -0.15) is 4.31 Å². The third-order valence-electron chi connectivity index (χ3n) is 2.39. The van der Waals surface area contributed by atoms with E-state index in [9.17, 15) is 8.42 Å². The zero-order valence-electron chi connectivity index (χ0n) is 7.87. The summed E-state index contributed by atoms with van der Waals surface area (Å²) in [5, 5.41) is 0. The molecule has 1 aliphatic heterocycles. The molecular weight excluding hydrogens is 210 g/mol. The van der Waals surface area contributed by atoms with Gasteiger partial charge in [-0.25, -0.2) is 8.42 Å². The third kappa shape index (κ3) is 2.82. The van der Waals surface area contributed by atoms with Gasteiger partial charge in [-0.1, -0.05) is 0 Å². The molecular formula is C8H16ClNO2S. The van der Waals surface area contributed by atoms with Crippen molar-refractivity contribution in [2.24, 2.45) is 0 Å². The van der Waals surface area contributed by atoms with Crippen LogP contribution in [0.2, 0.25) is 0 Å². The molecule has 0 spiro atoms. The molecule has 0 N–H and O–H groups in total. The molecule has 1 rings (SSSR count). The summed E-state index contributed by atoms with van der Waals surface area (Å²) in [6, 6.07) is 0.181. The van der Waals surface area contributed by atoms with Gasteiger partial charge in [-0.05, 0) is 26.2 Å². The summed E-state index contributed by atoms with van der Waals surface area (Å²) in [5.74, 6) is 0.613. The third-order valence-corrected chi connectivity index (χ3v) is 4.71. The van der Waals surface area contributed by atoms with Gasteiger partial charge in [0, 0.05) is 18.5 Å². The van der Waals surface area contributed by atoms with Gasteiger partial charge in [0.15, 0.2) is 0 Å². The van der Waals surface area contributed by atoms with Crippen LogP contribution in [0, 0.1) is 0 Å². The van der Waals surface area contributed by atoms with Gasteiger partial charge in [-0.3, -0.25) is 0 Å². The van der Waals surface area contributed by atoms with Gasteiger partial charge in [0.1, 0.15) is 0 Å². The second kappa shape index (κ2) is 4.62. The van der Waals surface area contributed by atoms with Crippen LogP contribution in [0.1, 0.15) is 26.2 Å². The quantitative estimate of drug-likeness (QED) is 0.679. The van der Waals surface area contributed by atoms with E-state index in [-0.39, 0.29) is 11.8 Å². The van der Waals surface area contributed by atoms with Crippen LogP contribution in [0.5, 0.6) is 0 Å². The molecule has 0 amide bonds. The Hall–Kier alpha value is 0.200. The molecule has 1 heterocycles. The van der Waals surface area contributed by atoms with Gasteiger partial charge >= 0.3 is 0 Å². The minimum absolute atomic E-state index is 0.181. The van der Waals surface area contributed by atoms with E-state index in [1.54, 1.807) is 4.31 Å². The SMILES string of the molecule is CC1CCCN1S(=O)(=O)CCCCl. The molecule has 1 aliphatic rings. The molecule has 0 aromatic carbocycles. The molecule has 1 fully saturated rings. The van der Waals surface area contributed by atoms with Gasteiger partial charge in [-0.15, -0.1) is 11.6 Å². The highest BCUT2D eigenvalue weighted by Gasteiger charge is 2.30. The Bertz CT molecular complexity index is 253. The molecule has 1 atom stereocenters. The Morgan fingerprint density at radius 2 is 2.23 bits per heavy atom. The maximum absolute atomic E-state index is 11.7. The Kier molecular flexibility index (Phi) is 4.01. The van der Waals surface area contributed by atoms with E-state index in [0.717, 1.165) is 12.8 Å². The number of alkyl halides is 1. The first kappa shape index (κ1) is 11.3. The highest BCUT2D eigenvalue weighted by atomic mass is 35.5. The maximum Gasteiger partial charge on any atom is 0.214 e. The minimum atomic E-state index is -3.02. The monoisotopic (exact) mass is 225 g/mol. The van der Waals surface area contributed by atoms with Crippen LogP contribution in [0.4, 0.5) is 0 Å². The van der Waals surface area contributed by atoms with Crippen molar-refractivity contribution in [3.63, 3.8) is 0 Å². The largest absolute Gasteiger partial charge is 0.214 e. The number of hydrogen-bond acceptors (Lipinski definition) is 2. The van der Waals surface area contributed by atoms with Crippen LogP contribution in [-0.4, -0.2) is 36.9 Å².